The van der Waals surface area contributed by atoms with Gasteiger partial charge in [0.25, 0.3) is 0 Å². The lowest BCUT2D eigenvalue weighted by Crippen LogP contribution is -2.46. The fraction of sp³-hybridized carbons (Fsp3) is 0.533. The maximum Gasteiger partial charge on any atom is 0.411 e. The van der Waals surface area contributed by atoms with Crippen LogP contribution in [0.3, 0.4) is 0 Å². The number of carbonyl (C=O) groups is 1. The fourth-order valence-corrected chi connectivity index (χ4v) is 2.40. The van der Waals surface area contributed by atoms with Crippen LogP contribution in [0.1, 0.15) is 37.7 Å². The predicted molar refractivity (Wildman–Crippen MR) is 76.2 cm³/mol. The molecular formula is C15H22N2O2. The number of amides is 1. The van der Waals surface area contributed by atoms with Gasteiger partial charge in [-0.15, -0.1) is 0 Å². The second-order valence-corrected chi connectivity index (χ2v) is 5.49. The Hall–Kier alpha value is -1.55. The third kappa shape index (κ3) is 4.24. The standard InChI is InChI=1S/C15H22N2O2/c1-12-5-7-13(8-6-12)17-14(18)19-11-15(16)9-3-2-4-10-15/h5-8H,2-4,9-11,16H2,1H3,(H,17,18). The number of benzene rings is 1. The van der Waals surface area contributed by atoms with Gasteiger partial charge in [0.2, 0.25) is 0 Å². The van der Waals surface area contributed by atoms with Gasteiger partial charge in [0.05, 0.1) is 5.54 Å². The Morgan fingerprint density at radius 2 is 1.89 bits per heavy atom. The van der Waals surface area contributed by atoms with E-state index in [9.17, 15) is 4.79 Å². The highest BCUT2D eigenvalue weighted by Gasteiger charge is 2.28. The molecule has 0 atom stereocenters. The van der Waals surface area contributed by atoms with Crippen LogP contribution in [0.15, 0.2) is 24.3 Å². The molecule has 1 saturated carbocycles. The summed E-state index contributed by atoms with van der Waals surface area (Å²) in [5.74, 6) is 0. The zero-order chi connectivity index (χ0) is 13.7. The quantitative estimate of drug-likeness (QED) is 0.879. The van der Waals surface area contributed by atoms with Crippen molar-refractivity contribution in [2.45, 2.75) is 44.6 Å². The maximum atomic E-state index is 11.7. The Bertz CT molecular complexity index is 422. The van der Waals surface area contributed by atoms with Crippen LogP contribution < -0.4 is 11.1 Å². The smallest absolute Gasteiger partial charge is 0.411 e. The summed E-state index contributed by atoms with van der Waals surface area (Å²) < 4.78 is 5.24. The molecule has 0 heterocycles. The van der Waals surface area contributed by atoms with Crippen LogP contribution in [0.5, 0.6) is 0 Å². The Kier molecular flexibility index (Phi) is 4.43. The van der Waals surface area contributed by atoms with Gasteiger partial charge in [0.1, 0.15) is 6.61 Å². The van der Waals surface area contributed by atoms with Gasteiger partial charge in [-0.25, -0.2) is 4.79 Å². The summed E-state index contributed by atoms with van der Waals surface area (Å²) in [5.41, 5.74) is 7.78. The van der Waals surface area contributed by atoms with E-state index in [1.807, 2.05) is 31.2 Å². The number of aryl methyl sites for hydroxylation is 1. The molecule has 19 heavy (non-hydrogen) atoms. The normalized spacial score (nSPS) is 17.8. The van der Waals surface area contributed by atoms with Gasteiger partial charge in [-0.05, 0) is 31.9 Å². The van der Waals surface area contributed by atoms with Crippen molar-refractivity contribution < 1.29 is 9.53 Å². The van der Waals surface area contributed by atoms with Crippen molar-refractivity contribution in [3.8, 4) is 0 Å². The number of ether oxygens (including phenoxy) is 1. The lowest BCUT2D eigenvalue weighted by Gasteiger charge is -2.32. The van der Waals surface area contributed by atoms with E-state index in [2.05, 4.69) is 5.32 Å². The van der Waals surface area contributed by atoms with E-state index in [-0.39, 0.29) is 5.54 Å². The molecular weight excluding hydrogens is 240 g/mol. The number of carbonyl (C=O) groups excluding carboxylic acids is 1. The first-order valence-electron chi connectivity index (χ1n) is 6.87. The summed E-state index contributed by atoms with van der Waals surface area (Å²) >= 11 is 0. The van der Waals surface area contributed by atoms with Crippen molar-refractivity contribution in [3.63, 3.8) is 0 Å². The average Bonchev–Trinajstić information content (AvgIpc) is 2.40. The van der Waals surface area contributed by atoms with Crippen LogP contribution in [0.2, 0.25) is 0 Å². The molecule has 2 rings (SSSR count). The molecule has 1 aliphatic rings. The van der Waals surface area contributed by atoms with E-state index in [1.54, 1.807) is 0 Å². The van der Waals surface area contributed by atoms with Gasteiger partial charge in [-0.3, -0.25) is 5.32 Å². The molecule has 4 nitrogen and oxygen atoms in total. The Morgan fingerprint density at radius 3 is 2.53 bits per heavy atom. The van der Waals surface area contributed by atoms with Gasteiger partial charge >= 0.3 is 6.09 Å². The van der Waals surface area contributed by atoms with Crippen LogP contribution in [-0.4, -0.2) is 18.2 Å². The molecule has 0 aromatic heterocycles. The average molecular weight is 262 g/mol. The van der Waals surface area contributed by atoms with Crippen LogP contribution in [0.4, 0.5) is 10.5 Å². The third-order valence-corrected chi connectivity index (χ3v) is 3.64. The number of rotatable bonds is 3. The maximum absolute atomic E-state index is 11.7. The highest BCUT2D eigenvalue weighted by atomic mass is 16.5. The van der Waals surface area contributed by atoms with E-state index < -0.39 is 6.09 Å². The molecule has 104 valence electrons. The van der Waals surface area contributed by atoms with E-state index in [0.29, 0.717) is 6.61 Å². The Morgan fingerprint density at radius 1 is 1.26 bits per heavy atom. The first kappa shape index (κ1) is 13.9. The van der Waals surface area contributed by atoms with E-state index >= 15 is 0 Å². The van der Waals surface area contributed by atoms with Crippen molar-refractivity contribution in [3.05, 3.63) is 29.8 Å². The van der Waals surface area contributed by atoms with E-state index in [1.165, 1.54) is 6.42 Å². The SMILES string of the molecule is Cc1ccc(NC(=O)OCC2(N)CCCCC2)cc1. The molecule has 0 saturated heterocycles. The molecule has 0 aliphatic heterocycles. The number of hydrogen-bond acceptors (Lipinski definition) is 3. The molecule has 1 aromatic rings. The number of nitrogens with one attached hydrogen (secondary N) is 1. The minimum atomic E-state index is -0.431. The molecule has 0 bridgehead atoms. The van der Waals surface area contributed by atoms with Gasteiger partial charge < -0.3 is 10.5 Å². The molecule has 0 radical (unpaired) electrons. The minimum Gasteiger partial charge on any atom is -0.447 e. The highest BCUT2D eigenvalue weighted by Crippen LogP contribution is 2.26. The van der Waals surface area contributed by atoms with Gasteiger partial charge in [0.15, 0.2) is 0 Å². The molecule has 0 spiro atoms. The van der Waals surface area contributed by atoms with Gasteiger partial charge in [-0.2, -0.15) is 0 Å². The molecule has 0 unspecified atom stereocenters. The number of anilines is 1. The van der Waals surface area contributed by atoms with Crippen molar-refractivity contribution in [1.82, 2.24) is 0 Å². The van der Waals surface area contributed by atoms with E-state index in [4.69, 9.17) is 10.5 Å². The Labute approximate surface area is 114 Å². The van der Waals surface area contributed by atoms with Crippen molar-refractivity contribution in [2.75, 3.05) is 11.9 Å². The number of hydrogen-bond donors (Lipinski definition) is 2. The first-order chi connectivity index (χ1) is 9.07. The van der Waals surface area contributed by atoms with Crippen molar-refractivity contribution in [1.29, 1.82) is 0 Å². The van der Waals surface area contributed by atoms with Crippen LogP contribution in [0, 0.1) is 6.92 Å². The molecule has 1 aromatic carbocycles. The summed E-state index contributed by atoms with van der Waals surface area (Å²) in [6, 6.07) is 7.60. The molecule has 1 fully saturated rings. The molecule has 1 amide bonds. The largest absolute Gasteiger partial charge is 0.447 e. The van der Waals surface area contributed by atoms with E-state index in [0.717, 1.165) is 36.9 Å². The van der Waals surface area contributed by atoms with Crippen molar-refractivity contribution in [2.24, 2.45) is 5.73 Å². The van der Waals surface area contributed by atoms with Gasteiger partial charge in [-0.1, -0.05) is 37.0 Å². The monoisotopic (exact) mass is 262 g/mol. The lowest BCUT2D eigenvalue weighted by atomic mass is 9.83. The second kappa shape index (κ2) is 6.06. The Balaban J connectivity index is 1.79. The van der Waals surface area contributed by atoms with Crippen LogP contribution >= 0.6 is 0 Å². The minimum absolute atomic E-state index is 0.296. The fourth-order valence-electron chi connectivity index (χ4n) is 2.40. The summed E-state index contributed by atoms with van der Waals surface area (Å²) in [7, 11) is 0. The summed E-state index contributed by atoms with van der Waals surface area (Å²) in [4.78, 5) is 11.7. The van der Waals surface area contributed by atoms with Crippen LogP contribution in [0.25, 0.3) is 0 Å². The number of nitrogens with two attached hydrogens (primary N) is 1. The molecule has 1 aliphatic carbocycles. The summed E-state index contributed by atoms with van der Waals surface area (Å²) in [6.07, 6.45) is 4.92. The van der Waals surface area contributed by atoms with Crippen molar-refractivity contribution >= 4 is 11.8 Å². The van der Waals surface area contributed by atoms with Crippen LogP contribution in [-0.2, 0) is 4.74 Å². The summed E-state index contributed by atoms with van der Waals surface area (Å²) in [5, 5.41) is 2.71. The van der Waals surface area contributed by atoms with Gasteiger partial charge in [0, 0.05) is 5.69 Å². The zero-order valence-corrected chi connectivity index (χ0v) is 11.4. The third-order valence-electron chi connectivity index (χ3n) is 3.64. The zero-order valence-electron chi connectivity index (χ0n) is 11.4. The first-order valence-corrected chi connectivity index (χ1v) is 6.87. The second-order valence-electron chi connectivity index (χ2n) is 5.49. The molecule has 3 N–H and O–H groups in total. The summed E-state index contributed by atoms with van der Waals surface area (Å²) in [6.45, 7) is 2.30. The molecule has 4 heteroatoms. The predicted octanol–water partition coefficient (Wildman–Crippen LogP) is 3.21. The lowest BCUT2D eigenvalue weighted by molar-refractivity contribution is 0.112. The highest BCUT2D eigenvalue weighted by molar-refractivity contribution is 5.84. The topological polar surface area (TPSA) is 64.3 Å².